The summed E-state index contributed by atoms with van der Waals surface area (Å²) in [4.78, 5) is 13.1. The first-order valence-electron chi connectivity index (χ1n) is 9.05. The van der Waals surface area contributed by atoms with Crippen LogP contribution in [-0.2, 0) is 4.74 Å². The summed E-state index contributed by atoms with van der Waals surface area (Å²) >= 11 is 0. The standard InChI is InChI=1S/C20H18O11/c21-8-4-11(24)14-13(5-8)30-18(7-1-2-9(22)10(23)3-7)19(16(14)27)31-20-17(28)15(26)12(25)6-29-20/h1-5,12,15,17,20-26,28H,6H2/t12-,15-,17+,20-/m1/s1. The van der Waals surface area contributed by atoms with Crippen LogP contribution in [0.3, 0.4) is 0 Å². The van der Waals surface area contributed by atoms with Crippen LogP contribution in [0.5, 0.6) is 28.7 Å². The van der Waals surface area contributed by atoms with Crippen molar-refractivity contribution < 1.29 is 49.6 Å². The fraction of sp³-hybridized carbons (Fsp3) is 0.250. The molecule has 0 aliphatic carbocycles. The predicted molar refractivity (Wildman–Crippen MR) is 103 cm³/mol. The van der Waals surface area contributed by atoms with E-state index in [2.05, 4.69) is 0 Å². The van der Waals surface area contributed by atoms with Gasteiger partial charge >= 0.3 is 0 Å². The zero-order valence-corrected chi connectivity index (χ0v) is 15.7. The highest BCUT2D eigenvalue weighted by Crippen LogP contribution is 2.39. The molecule has 31 heavy (non-hydrogen) atoms. The van der Waals surface area contributed by atoms with Crippen LogP contribution in [0.4, 0.5) is 0 Å². The number of rotatable bonds is 3. The van der Waals surface area contributed by atoms with Crippen molar-refractivity contribution in [2.75, 3.05) is 6.61 Å². The van der Waals surface area contributed by atoms with E-state index in [1.165, 1.54) is 6.07 Å². The second-order valence-corrected chi connectivity index (χ2v) is 7.00. The Morgan fingerprint density at radius 3 is 2.35 bits per heavy atom. The molecule has 11 heteroatoms. The highest BCUT2D eigenvalue weighted by molar-refractivity contribution is 5.88. The summed E-state index contributed by atoms with van der Waals surface area (Å²) in [6.07, 6.45) is -6.29. The minimum atomic E-state index is -1.73. The van der Waals surface area contributed by atoms with Crippen molar-refractivity contribution in [2.24, 2.45) is 0 Å². The van der Waals surface area contributed by atoms with E-state index in [1.54, 1.807) is 0 Å². The zero-order chi connectivity index (χ0) is 22.4. The lowest BCUT2D eigenvalue weighted by molar-refractivity contribution is -0.242. The van der Waals surface area contributed by atoms with E-state index in [4.69, 9.17) is 13.9 Å². The number of fused-ring (bicyclic) bond motifs is 1. The first kappa shape index (κ1) is 20.8. The number of benzene rings is 2. The highest BCUT2D eigenvalue weighted by Gasteiger charge is 2.40. The van der Waals surface area contributed by atoms with Crippen molar-refractivity contribution in [2.45, 2.75) is 24.6 Å². The SMILES string of the molecule is O=c1c(O[C@H]2OC[C@@H](O)[C@@H](O)[C@@H]2O)c(-c2ccc(O)c(O)c2)oc2cc(O)cc(O)c12. The number of aromatic hydroxyl groups is 4. The molecule has 0 amide bonds. The molecular formula is C20H18O11. The Labute approximate surface area is 173 Å². The molecule has 0 radical (unpaired) electrons. The zero-order valence-electron chi connectivity index (χ0n) is 15.7. The number of phenolic OH excluding ortho intramolecular Hbond substituents is 4. The topological polar surface area (TPSA) is 190 Å². The largest absolute Gasteiger partial charge is 0.508 e. The van der Waals surface area contributed by atoms with Crippen LogP contribution < -0.4 is 10.2 Å². The Bertz CT molecular complexity index is 1200. The van der Waals surface area contributed by atoms with Crippen LogP contribution in [0.2, 0.25) is 0 Å². The van der Waals surface area contributed by atoms with Gasteiger partial charge in [0.2, 0.25) is 17.5 Å². The Morgan fingerprint density at radius 1 is 0.903 bits per heavy atom. The molecule has 1 saturated heterocycles. The van der Waals surface area contributed by atoms with Crippen molar-refractivity contribution in [3.05, 3.63) is 40.6 Å². The van der Waals surface area contributed by atoms with Crippen molar-refractivity contribution in [1.29, 1.82) is 0 Å². The first-order chi connectivity index (χ1) is 14.7. The summed E-state index contributed by atoms with van der Waals surface area (Å²) in [6, 6.07) is 5.50. The monoisotopic (exact) mass is 434 g/mol. The maximum absolute atomic E-state index is 13.1. The van der Waals surface area contributed by atoms with E-state index in [1.807, 2.05) is 0 Å². The molecule has 2 aromatic carbocycles. The van der Waals surface area contributed by atoms with E-state index >= 15 is 0 Å². The average Bonchev–Trinajstić information content (AvgIpc) is 2.71. The molecule has 1 aliphatic rings. The maximum atomic E-state index is 13.1. The molecule has 0 spiro atoms. The van der Waals surface area contributed by atoms with Gasteiger partial charge in [-0.25, -0.2) is 0 Å². The predicted octanol–water partition coefficient (Wildman–Crippen LogP) is 0.100. The number of hydrogen-bond donors (Lipinski definition) is 7. The summed E-state index contributed by atoms with van der Waals surface area (Å²) in [5, 5.41) is 68.6. The van der Waals surface area contributed by atoms with Gasteiger partial charge in [-0.05, 0) is 18.2 Å². The Kier molecular flexibility index (Phi) is 5.11. The van der Waals surface area contributed by atoms with Crippen LogP contribution in [0.1, 0.15) is 0 Å². The summed E-state index contributed by atoms with van der Waals surface area (Å²) < 4.78 is 16.3. The van der Waals surface area contributed by atoms with Crippen molar-refractivity contribution in [1.82, 2.24) is 0 Å². The van der Waals surface area contributed by atoms with Gasteiger partial charge in [0.1, 0.15) is 40.8 Å². The van der Waals surface area contributed by atoms with Gasteiger partial charge in [-0.3, -0.25) is 4.79 Å². The van der Waals surface area contributed by atoms with Gasteiger partial charge in [0.15, 0.2) is 17.3 Å². The lowest BCUT2D eigenvalue weighted by Gasteiger charge is -2.34. The number of phenols is 4. The summed E-state index contributed by atoms with van der Waals surface area (Å²) in [7, 11) is 0. The molecular weight excluding hydrogens is 416 g/mol. The molecule has 11 nitrogen and oxygen atoms in total. The molecule has 4 atom stereocenters. The quantitative estimate of drug-likeness (QED) is 0.277. The van der Waals surface area contributed by atoms with Crippen LogP contribution in [-0.4, -0.2) is 67.0 Å². The fourth-order valence-corrected chi connectivity index (χ4v) is 3.23. The van der Waals surface area contributed by atoms with Gasteiger partial charge < -0.3 is 49.6 Å². The molecule has 1 fully saturated rings. The van der Waals surface area contributed by atoms with Crippen LogP contribution >= 0.6 is 0 Å². The summed E-state index contributed by atoms with van der Waals surface area (Å²) in [5.74, 6) is -2.79. The van der Waals surface area contributed by atoms with Crippen molar-refractivity contribution >= 4 is 11.0 Å². The van der Waals surface area contributed by atoms with Gasteiger partial charge in [-0.2, -0.15) is 0 Å². The molecule has 1 aromatic heterocycles. The van der Waals surface area contributed by atoms with Gasteiger partial charge in [-0.1, -0.05) is 0 Å². The molecule has 0 unspecified atom stereocenters. The lowest BCUT2D eigenvalue weighted by Crippen LogP contribution is -2.55. The number of aliphatic hydroxyl groups is 3. The normalized spacial score (nSPS) is 23.7. The second kappa shape index (κ2) is 7.63. The number of hydrogen-bond acceptors (Lipinski definition) is 11. The van der Waals surface area contributed by atoms with E-state index in [9.17, 15) is 40.5 Å². The minimum absolute atomic E-state index is 0.0676. The van der Waals surface area contributed by atoms with E-state index in [0.29, 0.717) is 0 Å². The first-order valence-corrected chi connectivity index (χ1v) is 9.05. The van der Waals surface area contributed by atoms with Crippen LogP contribution in [0.25, 0.3) is 22.3 Å². The molecule has 2 heterocycles. The molecule has 0 saturated carbocycles. The Hall–Kier alpha value is -3.51. The van der Waals surface area contributed by atoms with E-state index in [-0.39, 0.29) is 28.0 Å². The van der Waals surface area contributed by atoms with Gasteiger partial charge in [-0.15, -0.1) is 0 Å². The van der Waals surface area contributed by atoms with Gasteiger partial charge in [0.05, 0.1) is 6.61 Å². The van der Waals surface area contributed by atoms with Crippen LogP contribution in [0.15, 0.2) is 39.5 Å². The van der Waals surface area contributed by atoms with Crippen LogP contribution in [0, 0.1) is 0 Å². The highest BCUT2D eigenvalue weighted by atomic mass is 16.7. The molecule has 0 bridgehead atoms. The minimum Gasteiger partial charge on any atom is -0.508 e. The third-order valence-corrected chi connectivity index (χ3v) is 4.84. The molecule has 1 aliphatic heterocycles. The molecule has 7 N–H and O–H groups in total. The Morgan fingerprint density at radius 2 is 1.65 bits per heavy atom. The van der Waals surface area contributed by atoms with Gasteiger partial charge in [0, 0.05) is 17.7 Å². The molecule has 164 valence electrons. The van der Waals surface area contributed by atoms with E-state index < -0.39 is 59.6 Å². The lowest BCUT2D eigenvalue weighted by atomic mass is 10.1. The van der Waals surface area contributed by atoms with Gasteiger partial charge in [0.25, 0.3) is 0 Å². The third-order valence-electron chi connectivity index (χ3n) is 4.84. The number of aliphatic hydroxyl groups excluding tert-OH is 3. The smallest absolute Gasteiger partial charge is 0.239 e. The van der Waals surface area contributed by atoms with E-state index in [0.717, 1.165) is 24.3 Å². The molecule has 4 rings (SSSR count). The Balaban J connectivity index is 1.92. The molecule has 3 aromatic rings. The second-order valence-electron chi connectivity index (χ2n) is 7.00. The summed E-state index contributed by atoms with van der Waals surface area (Å²) in [5.41, 5.74) is -1.05. The average molecular weight is 434 g/mol. The van der Waals surface area contributed by atoms with Crippen molar-refractivity contribution in [3.63, 3.8) is 0 Å². The fourth-order valence-electron chi connectivity index (χ4n) is 3.23. The summed E-state index contributed by atoms with van der Waals surface area (Å²) in [6.45, 7) is -0.393. The third kappa shape index (κ3) is 3.59. The maximum Gasteiger partial charge on any atom is 0.239 e. The number of ether oxygens (including phenoxy) is 2. The van der Waals surface area contributed by atoms with Crippen molar-refractivity contribution in [3.8, 4) is 40.1 Å².